The minimum absolute atomic E-state index is 0.200. The summed E-state index contributed by atoms with van der Waals surface area (Å²) in [5, 5.41) is 18.7. The van der Waals surface area contributed by atoms with Gasteiger partial charge < -0.3 is 21.7 Å². The molecule has 0 fully saturated rings. The van der Waals surface area contributed by atoms with E-state index in [4.69, 9.17) is 11.5 Å². The highest BCUT2D eigenvalue weighted by atomic mass is 19.4. The lowest BCUT2D eigenvalue weighted by Gasteiger charge is -2.18. The Balaban J connectivity index is 3.10. The zero-order valence-electron chi connectivity index (χ0n) is 8.98. The number of nitrogens with two attached hydrogens (primary N) is 2. The van der Waals surface area contributed by atoms with Crippen molar-refractivity contribution in [3.05, 3.63) is 29.3 Å². The summed E-state index contributed by atoms with van der Waals surface area (Å²) in [6, 6.07) is 2.17. The molecule has 0 spiro atoms. The molecule has 0 bridgehead atoms. The number of halogens is 3. The normalized spacial score (nSPS) is 15.2. The van der Waals surface area contributed by atoms with Crippen LogP contribution in [-0.4, -0.2) is 22.2 Å². The lowest BCUT2D eigenvalue weighted by atomic mass is 10.00. The smallest absolute Gasteiger partial charge is 0.398 e. The number of hydrogen-bond donors (Lipinski definition) is 4. The highest BCUT2D eigenvalue weighted by molar-refractivity contribution is 5.79. The second-order valence-electron chi connectivity index (χ2n) is 3.63. The van der Waals surface area contributed by atoms with Gasteiger partial charge >= 0.3 is 6.18 Å². The summed E-state index contributed by atoms with van der Waals surface area (Å²) in [5.41, 5.74) is 8.50. The van der Waals surface area contributed by atoms with E-state index in [-0.39, 0.29) is 5.56 Å². The number of carbonyl (C=O) groups excluding carboxylic acids is 1. The van der Waals surface area contributed by atoms with Gasteiger partial charge in [-0.1, -0.05) is 6.07 Å². The molecule has 0 aliphatic heterocycles. The second kappa shape index (κ2) is 4.83. The predicted octanol–water partition coefficient (Wildman–Crippen LogP) is 0.167. The average Bonchev–Trinajstić information content (AvgIpc) is 2.25. The molecule has 2 atom stereocenters. The van der Waals surface area contributed by atoms with Crippen LogP contribution in [0.15, 0.2) is 18.2 Å². The summed E-state index contributed by atoms with van der Waals surface area (Å²) >= 11 is 0. The number of rotatable bonds is 3. The molecule has 0 radical (unpaired) electrons. The number of nitrogen functional groups attached to an aromatic ring is 1. The number of alkyl halides is 3. The van der Waals surface area contributed by atoms with Crippen LogP contribution in [0.2, 0.25) is 0 Å². The van der Waals surface area contributed by atoms with Gasteiger partial charge in [0.15, 0.2) is 6.10 Å². The lowest BCUT2D eigenvalue weighted by Crippen LogP contribution is -2.34. The number of amides is 1. The molecule has 0 saturated heterocycles. The molecule has 0 aliphatic carbocycles. The Hall–Kier alpha value is -1.80. The fourth-order valence-corrected chi connectivity index (χ4v) is 1.35. The maximum absolute atomic E-state index is 12.3. The standard InChI is InChI=1S/C10H11F3N2O3/c11-10(12,13)4-1-2-5(6(14)3-4)7(16)8(17)9(15)18/h1-3,7-8,16-17H,14H2,(H2,15,18). The Morgan fingerprint density at radius 3 is 2.22 bits per heavy atom. The quantitative estimate of drug-likeness (QED) is 0.583. The maximum Gasteiger partial charge on any atom is 0.416 e. The molecule has 0 heterocycles. The summed E-state index contributed by atoms with van der Waals surface area (Å²) in [7, 11) is 0. The topological polar surface area (TPSA) is 110 Å². The first kappa shape index (κ1) is 14.3. The maximum atomic E-state index is 12.3. The molecule has 1 rings (SSSR count). The van der Waals surface area contributed by atoms with Crippen molar-refractivity contribution in [1.82, 2.24) is 0 Å². The number of primary amides is 1. The number of benzene rings is 1. The number of hydrogen-bond acceptors (Lipinski definition) is 4. The summed E-state index contributed by atoms with van der Waals surface area (Å²) in [6.45, 7) is 0. The van der Waals surface area contributed by atoms with Gasteiger partial charge in [-0.2, -0.15) is 13.2 Å². The van der Waals surface area contributed by atoms with E-state index in [2.05, 4.69) is 0 Å². The van der Waals surface area contributed by atoms with Gasteiger partial charge in [-0.05, 0) is 12.1 Å². The van der Waals surface area contributed by atoms with Crippen LogP contribution in [0.4, 0.5) is 18.9 Å². The molecule has 0 saturated carbocycles. The molecule has 1 amide bonds. The zero-order valence-corrected chi connectivity index (χ0v) is 8.98. The SMILES string of the molecule is NC(=O)C(O)C(O)c1ccc(C(F)(F)F)cc1N. The van der Waals surface area contributed by atoms with Gasteiger partial charge in [0.25, 0.3) is 0 Å². The van der Waals surface area contributed by atoms with Gasteiger partial charge in [0.05, 0.1) is 5.56 Å². The summed E-state index contributed by atoms with van der Waals surface area (Å²) in [6.07, 6.45) is -8.28. The third kappa shape index (κ3) is 2.90. The van der Waals surface area contributed by atoms with Gasteiger partial charge in [-0.15, -0.1) is 0 Å². The number of anilines is 1. The average molecular weight is 264 g/mol. The predicted molar refractivity (Wildman–Crippen MR) is 56.0 cm³/mol. The number of aliphatic hydroxyl groups excluding tert-OH is 2. The third-order valence-corrected chi connectivity index (χ3v) is 2.32. The monoisotopic (exact) mass is 264 g/mol. The van der Waals surface area contributed by atoms with Crippen molar-refractivity contribution >= 4 is 11.6 Å². The van der Waals surface area contributed by atoms with E-state index in [1.54, 1.807) is 0 Å². The van der Waals surface area contributed by atoms with Crippen molar-refractivity contribution in [3.8, 4) is 0 Å². The van der Waals surface area contributed by atoms with Crippen LogP contribution >= 0.6 is 0 Å². The molecule has 6 N–H and O–H groups in total. The molecule has 5 nitrogen and oxygen atoms in total. The Labute approximate surface area is 99.8 Å². The van der Waals surface area contributed by atoms with Gasteiger partial charge in [-0.3, -0.25) is 4.79 Å². The van der Waals surface area contributed by atoms with Gasteiger partial charge in [0.2, 0.25) is 5.91 Å². The molecule has 8 heteroatoms. The fourth-order valence-electron chi connectivity index (χ4n) is 1.35. The minimum Gasteiger partial charge on any atom is -0.398 e. The van der Waals surface area contributed by atoms with Crippen molar-refractivity contribution in [2.24, 2.45) is 5.73 Å². The molecular formula is C10H11F3N2O3. The Bertz CT molecular complexity index is 462. The summed E-state index contributed by atoms with van der Waals surface area (Å²) in [5.74, 6) is -1.21. The van der Waals surface area contributed by atoms with Crippen LogP contribution in [0.1, 0.15) is 17.2 Å². The molecule has 0 aliphatic rings. The Morgan fingerprint density at radius 1 is 1.28 bits per heavy atom. The van der Waals surface area contributed by atoms with Crippen LogP contribution in [0.25, 0.3) is 0 Å². The first-order chi connectivity index (χ1) is 8.14. The van der Waals surface area contributed by atoms with Crippen molar-refractivity contribution in [3.63, 3.8) is 0 Å². The van der Waals surface area contributed by atoms with Gasteiger partial charge in [0.1, 0.15) is 6.10 Å². The van der Waals surface area contributed by atoms with E-state index in [9.17, 15) is 28.2 Å². The van der Waals surface area contributed by atoms with E-state index in [0.29, 0.717) is 12.1 Å². The van der Waals surface area contributed by atoms with Crippen LogP contribution in [0, 0.1) is 0 Å². The summed E-state index contributed by atoms with van der Waals surface area (Å²) in [4.78, 5) is 10.6. The van der Waals surface area contributed by atoms with Crippen molar-refractivity contribution in [2.45, 2.75) is 18.4 Å². The van der Waals surface area contributed by atoms with Crippen molar-refractivity contribution in [2.75, 3.05) is 5.73 Å². The first-order valence-corrected chi connectivity index (χ1v) is 4.76. The molecule has 1 aromatic rings. The number of carbonyl (C=O) groups is 1. The molecule has 100 valence electrons. The number of aliphatic hydroxyl groups is 2. The van der Waals surface area contributed by atoms with Crippen LogP contribution in [0.5, 0.6) is 0 Å². The Kier molecular flexibility index (Phi) is 3.82. The van der Waals surface area contributed by atoms with E-state index < -0.39 is 35.5 Å². The van der Waals surface area contributed by atoms with E-state index >= 15 is 0 Å². The van der Waals surface area contributed by atoms with Crippen LogP contribution < -0.4 is 11.5 Å². The van der Waals surface area contributed by atoms with Gasteiger partial charge in [0, 0.05) is 11.3 Å². The lowest BCUT2D eigenvalue weighted by molar-refractivity contribution is -0.137. The summed E-state index contributed by atoms with van der Waals surface area (Å²) < 4.78 is 37.0. The minimum atomic E-state index is -4.57. The molecule has 0 aromatic heterocycles. The fraction of sp³-hybridized carbons (Fsp3) is 0.300. The highest BCUT2D eigenvalue weighted by Gasteiger charge is 2.32. The highest BCUT2D eigenvalue weighted by Crippen LogP contribution is 2.33. The van der Waals surface area contributed by atoms with E-state index in [1.165, 1.54) is 0 Å². The van der Waals surface area contributed by atoms with Gasteiger partial charge in [-0.25, -0.2) is 0 Å². The van der Waals surface area contributed by atoms with E-state index in [0.717, 1.165) is 6.07 Å². The molecule has 1 aromatic carbocycles. The third-order valence-electron chi connectivity index (χ3n) is 2.32. The zero-order chi connectivity index (χ0) is 14.1. The molecule has 18 heavy (non-hydrogen) atoms. The van der Waals surface area contributed by atoms with Crippen LogP contribution in [-0.2, 0) is 11.0 Å². The Morgan fingerprint density at radius 2 is 1.83 bits per heavy atom. The van der Waals surface area contributed by atoms with Crippen LogP contribution in [0.3, 0.4) is 0 Å². The molecular weight excluding hydrogens is 253 g/mol. The molecule has 2 unspecified atom stereocenters. The van der Waals surface area contributed by atoms with E-state index in [1.807, 2.05) is 0 Å². The van der Waals surface area contributed by atoms with Crippen molar-refractivity contribution < 1.29 is 28.2 Å². The largest absolute Gasteiger partial charge is 0.416 e. The second-order valence-corrected chi connectivity index (χ2v) is 3.63. The van der Waals surface area contributed by atoms with Crippen molar-refractivity contribution in [1.29, 1.82) is 0 Å². The first-order valence-electron chi connectivity index (χ1n) is 4.76.